The zero-order valence-electron chi connectivity index (χ0n) is 10.6. The van der Waals surface area contributed by atoms with Gasteiger partial charge in [0.15, 0.2) is 5.82 Å². The Labute approximate surface area is 107 Å². The van der Waals surface area contributed by atoms with Gasteiger partial charge in [0.05, 0.1) is 12.3 Å². The second-order valence-corrected chi connectivity index (χ2v) is 4.44. The number of β-amino-alcohol motifs (C(OH)–C–C–N with tert-alkyl or cyclic N) is 1. The molecule has 0 amide bonds. The summed E-state index contributed by atoms with van der Waals surface area (Å²) in [5, 5.41) is 8.98. The van der Waals surface area contributed by atoms with Gasteiger partial charge in [0.25, 0.3) is 0 Å². The summed E-state index contributed by atoms with van der Waals surface area (Å²) in [5.74, 6) is 0.908. The third-order valence-electron chi connectivity index (χ3n) is 3.25. The predicted octanol–water partition coefficient (Wildman–Crippen LogP) is -0.560. The highest BCUT2D eigenvalue weighted by Crippen LogP contribution is 2.16. The second-order valence-electron chi connectivity index (χ2n) is 4.44. The lowest BCUT2D eigenvalue weighted by Gasteiger charge is -2.23. The minimum absolute atomic E-state index is 0.221. The molecule has 0 radical (unpaired) electrons. The number of aliphatic hydroxyl groups excluding tert-OH is 1. The number of hydrogen-bond acceptors (Lipinski definition) is 6. The molecule has 1 aliphatic heterocycles. The van der Waals surface area contributed by atoms with E-state index in [4.69, 9.17) is 10.8 Å². The van der Waals surface area contributed by atoms with Crippen LogP contribution in [0, 0.1) is 0 Å². The van der Waals surface area contributed by atoms with Crippen LogP contribution >= 0.6 is 0 Å². The quantitative estimate of drug-likeness (QED) is 0.747. The van der Waals surface area contributed by atoms with Crippen molar-refractivity contribution in [2.24, 2.45) is 5.73 Å². The van der Waals surface area contributed by atoms with Gasteiger partial charge >= 0.3 is 0 Å². The van der Waals surface area contributed by atoms with E-state index < -0.39 is 0 Å². The number of aromatic nitrogens is 2. The minimum atomic E-state index is 0.221. The standard InChI is InChI=1S/C12H21N5O/c13-10-11-12(15-3-2-14-11)17-5-1-4-16(6-7-17)8-9-18/h2-3,18H,1,4-10,13H2. The average molecular weight is 251 g/mol. The molecule has 1 aliphatic rings. The summed E-state index contributed by atoms with van der Waals surface area (Å²) in [6.45, 7) is 5.23. The van der Waals surface area contributed by atoms with Crippen molar-refractivity contribution in [1.29, 1.82) is 0 Å². The molecule has 100 valence electrons. The van der Waals surface area contributed by atoms with Crippen molar-refractivity contribution in [1.82, 2.24) is 14.9 Å². The lowest BCUT2D eigenvalue weighted by molar-refractivity contribution is 0.204. The number of anilines is 1. The van der Waals surface area contributed by atoms with Crippen LogP contribution in [0.25, 0.3) is 0 Å². The van der Waals surface area contributed by atoms with E-state index in [0.717, 1.165) is 50.7 Å². The van der Waals surface area contributed by atoms with Gasteiger partial charge in [-0.25, -0.2) is 4.98 Å². The van der Waals surface area contributed by atoms with Crippen LogP contribution < -0.4 is 10.6 Å². The monoisotopic (exact) mass is 251 g/mol. The first-order chi connectivity index (χ1) is 8.85. The first-order valence-electron chi connectivity index (χ1n) is 6.43. The van der Waals surface area contributed by atoms with Crippen LogP contribution in [0.4, 0.5) is 5.82 Å². The molecule has 0 aliphatic carbocycles. The van der Waals surface area contributed by atoms with E-state index in [2.05, 4.69) is 19.8 Å². The fourth-order valence-corrected chi connectivity index (χ4v) is 2.32. The van der Waals surface area contributed by atoms with Crippen molar-refractivity contribution in [3.05, 3.63) is 18.1 Å². The second kappa shape index (κ2) is 6.63. The third-order valence-corrected chi connectivity index (χ3v) is 3.25. The Hall–Kier alpha value is -1.24. The van der Waals surface area contributed by atoms with Gasteiger partial charge in [0.1, 0.15) is 0 Å². The van der Waals surface area contributed by atoms with Gasteiger partial charge in [0.2, 0.25) is 0 Å². The van der Waals surface area contributed by atoms with Crippen LogP contribution in [-0.2, 0) is 6.54 Å². The molecule has 1 fully saturated rings. The van der Waals surface area contributed by atoms with Gasteiger partial charge in [-0.05, 0) is 13.0 Å². The normalized spacial score (nSPS) is 17.8. The van der Waals surface area contributed by atoms with Gasteiger partial charge in [-0.1, -0.05) is 0 Å². The Morgan fingerprint density at radius 2 is 2.00 bits per heavy atom. The molecule has 1 saturated heterocycles. The molecule has 0 aromatic carbocycles. The smallest absolute Gasteiger partial charge is 0.151 e. The summed E-state index contributed by atoms with van der Waals surface area (Å²) in [6, 6.07) is 0. The largest absolute Gasteiger partial charge is 0.395 e. The number of aliphatic hydroxyl groups is 1. The van der Waals surface area contributed by atoms with Crippen molar-refractivity contribution in [3.8, 4) is 0 Å². The Bertz CT molecular complexity index is 373. The molecule has 3 N–H and O–H groups in total. The summed E-state index contributed by atoms with van der Waals surface area (Å²) in [6.07, 6.45) is 4.47. The zero-order chi connectivity index (χ0) is 12.8. The molecule has 0 saturated carbocycles. The summed E-state index contributed by atoms with van der Waals surface area (Å²) >= 11 is 0. The SMILES string of the molecule is NCc1nccnc1N1CCCN(CCO)CC1. The molecule has 6 nitrogen and oxygen atoms in total. The van der Waals surface area contributed by atoms with E-state index in [9.17, 15) is 0 Å². The predicted molar refractivity (Wildman–Crippen MR) is 70.3 cm³/mol. The molecule has 1 aromatic rings. The summed E-state index contributed by atoms with van der Waals surface area (Å²) in [7, 11) is 0. The molecule has 6 heteroatoms. The molecule has 0 spiro atoms. The summed E-state index contributed by atoms with van der Waals surface area (Å²) in [4.78, 5) is 13.2. The van der Waals surface area contributed by atoms with Crippen LogP contribution in [-0.4, -0.2) is 59.3 Å². The van der Waals surface area contributed by atoms with Crippen LogP contribution in [0.15, 0.2) is 12.4 Å². The van der Waals surface area contributed by atoms with Crippen molar-refractivity contribution in [2.75, 3.05) is 44.2 Å². The van der Waals surface area contributed by atoms with Crippen molar-refractivity contribution in [3.63, 3.8) is 0 Å². The maximum Gasteiger partial charge on any atom is 0.151 e. The zero-order valence-corrected chi connectivity index (χ0v) is 10.6. The van der Waals surface area contributed by atoms with E-state index in [0.29, 0.717) is 6.54 Å². The Morgan fingerprint density at radius 1 is 1.17 bits per heavy atom. The van der Waals surface area contributed by atoms with Crippen molar-refractivity contribution in [2.45, 2.75) is 13.0 Å². The molecular formula is C12H21N5O. The number of hydrogen-bond donors (Lipinski definition) is 2. The molecule has 2 rings (SSSR count). The number of nitrogens with two attached hydrogens (primary N) is 1. The van der Waals surface area contributed by atoms with E-state index in [1.807, 2.05) is 0 Å². The highest BCUT2D eigenvalue weighted by Gasteiger charge is 2.17. The average Bonchev–Trinajstić information content (AvgIpc) is 2.65. The number of rotatable bonds is 4. The van der Waals surface area contributed by atoms with E-state index in [-0.39, 0.29) is 6.61 Å². The van der Waals surface area contributed by atoms with Crippen LogP contribution in [0.5, 0.6) is 0 Å². The molecule has 1 aromatic heterocycles. The van der Waals surface area contributed by atoms with Gasteiger partial charge < -0.3 is 15.7 Å². The summed E-state index contributed by atoms with van der Waals surface area (Å²) in [5.41, 5.74) is 6.55. The maximum absolute atomic E-state index is 8.98. The molecule has 0 bridgehead atoms. The Kier molecular flexibility index (Phi) is 4.86. The van der Waals surface area contributed by atoms with Crippen LogP contribution in [0.3, 0.4) is 0 Å². The fourth-order valence-electron chi connectivity index (χ4n) is 2.32. The van der Waals surface area contributed by atoms with Crippen LogP contribution in [0.1, 0.15) is 12.1 Å². The Morgan fingerprint density at radius 3 is 2.78 bits per heavy atom. The lowest BCUT2D eigenvalue weighted by atomic mass is 10.3. The Balaban J connectivity index is 2.05. The molecule has 0 unspecified atom stereocenters. The third kappa shape index (κ3) is 3.16. The molecule has 18 heavy (non-hydrogen) atoms. The van der Waals surface area contributed by atoms with Crippen molar-refractivity contribution < 1.29 is 5.11 Å². The molecular weight excluding hydrogens is 230 g/mol. The lowest BCUT2D eigenvalue weighted by Crippen LogP contribution is -2.33. The highest BCUT2D eigenvalue weighted by molar-refractivity contribution is 5.43. The number of nitrogens with zero attached hydrogens (tertiary/aromatic N) is 4. The van der Waals surface area contributed by atoms with E-state index in [1.54, 1.807) is 12.4 Å². The minimum Gasteiger partial charge on any atom is -0.395 e. The van der Waals surface area contributed by atoms with Gasteiger partial charge in [-0.15, -0.1) is 0 Å². The highest BCUT2D eigenvalue weighted by atomic mass is 16.3. The van der Waals surface area contributed by atoms with E-state index >= 15 is 0 Å². The molecule has 2 heterocycles. The topological polar surface area (TPSA) is 78.5 Å². The maximum atomic E-state index is 8.98. The molecule has 0 atom stereocenters. The summed E-state index contributed by atoms with van der Waals surface area (Å²) < 4.78 is 0. The van der Waals surface area contributed by atoms with Gasteiger partial charge in [-0.3, -0.25) is 9.88 Å². The van der Waals surface area contributed by atoms with Gasteiger partial charge in [-0.2, -0.15) is 0 Å². The fraction of sp³-hybridized carbons (Fsp3) is 0.667. The van der Waals surface area contributed by atoms with Crippen molar-refractivity contribution >= 4 is 5.82 Å². The first kappa shape index (κ1) is 13.2. The van der Waals surface area contributed by atoms with Crippen LogP contribution in [0.2, 0.25) is 0 Å². The first-order valence-corrected chi connectivity index (χ1v) is 6.43. The van der Waals surface area contributed by atoms with Gasteiger partial charge in [0, 0.05) is 45.1 Å². The van der Waals surface area contributed by atoms with E-state index in [1.165, 1.54) is 0 Å².